The number of rotatable bonds is 6. The van der Waals surface area contributed by atoms with Gasteiger partial charge in [-0.2, -0.15) is 0 Å². The predicted molar refractivity (Wildman–Crippen MR) is 119 cm³/mol. The maximum absolute atomic E-state index is 12.7. The van der Waals surface area contributed by atoms with E-state index in [-0.39, 0.29) is 11.0 Å². The second-order valence-corrected chi connectivity index (χ2v) is 8.22. The lowest BCUT2D eigenvalue weighted by molar-refractivity contribution is 0.0973. The van der Waals surface area contributed by atoms with Gasteiger partial charge in [-0.1, -0.05) is 41.9 Å². The second kappa shape index (κ2) is 9.85. The molecule has 0 bridgehead atoms. The van der Waals surface area contributed by atoms with E-state index in [1.807, 2.05) is 38.1 Å². The molecule has 0 aromatic heterocycles. The van der Waals surface area contributed by atoms with Gasteiger partial charge in [0, 0.05) is 10.2 Å². The van der Waals surface area contributed by atoms with E-state index in [1.54, 1.807) is 12.1 Å². The monoisotopic (exact) mass is 448 g/mol. The number of amides is 1. The summed E-state index contributed by atoms with van der Waals surface area (Å²) < 4.78 is 6.62. The SMILES string of the molecule is Cc1ccc(C)c(NC(=S)NC(=O)c2cc(Br)ccc2OCCC(C)C)c1. The molecule has 2 aromatic rings. The van der Waals surface area contributed by atoms with E-state index in [0.717, 1.165) is 27.7 Å². The van der Waals surface area contributed by atoms with E-state index in [2.05, 4.69) is 40.4 Å². The van der Waals surface area contributed by atoms with Gasteiger partial charge in [-0.15, -0.1) is 0 Å². The van der Waals surface area contributed by atoms with Crippen LogP contribution in [0, 0.1) is 19.8 Å². The number of benzene rings is 2. The van der Waals surface area contributed by atoms with Crippen LogP contribution in [0.3, 0.4) is 0 Å². The number of nitrogens with one attached hydrogen (secondary N) is 2. The summed E-state index contributed by atoms with van der Waals surface area (Å²) in [7, 11) is 0. The van der Waals surface area contributed by atoms with Crippen molar-refractivity contribution in [2.45, 2.75) is 34.1 Å². The average molecular weight is 449 g/mol. The van der Waals surface area contributed by atoms with Crippen molar-refractivity contribution in [1.82, 2.24) is 5.32 Å². The molecule has 0 aliphatic heterocycles. The number of carbonyl (C=O) groups excluding carboxylic acids is 1. The highest BCUT2D eigenvalue weighted by Crippen LogP contribution is 2.24. The van der Waals surface area contributed by atoms with Gasteiger partial charge in [0.05, 0.1) is 12.2 Å². The highest BCUT2D eigenvalue weighted by molar-refractivity contribution is 9.10. The number of hydrogen-bond acceptors (Lipinski definition) is 3. The fraction of sp³-hybridized carbons (Fsp3) is 0.333. The van der Waals surface area contributed by atoms with Crippen LogP contribution in [0.15, 0.2) is 40.9 Å². The minimum absolute atomic E-state index is 0.252. The van der Waals surface area contributed by atoms with E-state index in [4.69, 9.17) is 17.0 Å². The molecule has 0 unspecified atom stereocenters. The van der Waals surface area contributed by atoms with Crippen LogP contribution in [0.5, 0.6) is 5.75 Å². The van der Waals surface area contributed by atoms with Crippen molar-refractivity contribution in [2.75, 3.05) is 11.9 Å². The largest absolute Gasteiger partial charge is 0.493 e. The van der Waals surface area contributed by atoms with Crippen LogP contribution in [0.4, 0.5) is 5.69 Å². The van der Waals surface area contributed by atoms with Crippen LogP contribution >= 0.6 is 28.1 Å². The molecular weight excluding hydrogens is 424 g/mol. The van der Waals surface area contributed by atoms with Crippen molar-refractivity contribution in [1.29, 1.82) is 0 Å². The molecule has 2 rings (SSSR count). The van der Waals surface area contributed by atoms with E-state index in [9.17, 15) is 4.79 Å². The zero-order valence-corrected chi connectivity index (χ0v) is 18.5. The van der Waals surface area contributed by atoms with Crippen LogP contribution < -0.4 is 15.4 Å². The quantitative estimate of drug-likeness (QED) is 0.563. The van der Waals surface area contributed by atoms with Gasteiger partial charge in [0.15, 0.2) is 5.11 Å². The third kappa shape index (κ3) is 6.63. The van der Waals surface area contributed by atoms with Crippen molar-refractivity contribution in [2.24, 2.45) is 5.92 Å². The first-order valence-electron chi connectivity index (χ1n) is 8.88. The molecule has 0 saturated carbocycles. The smallest absolute Gasteiger partial charge is 0.261 e. The van der Waals surface area contributed by atoms with Gasteiger partial charge in [0.1, 0.15) is 5.75 Å². The highest BCUT2D eigenvalue weighted by atomic mass is 79.9. The summed E-state index contributed by atoms with van der Waals surface area (Å²) in [6, 6.07) is 11.4. The predicted octanol–water partition coefficient (Wildman–Crippen LogP) is 5.62. The molecule has 2 aromatic carbocycles. The fourth-order valence-corrected chi connectivity index (χ4v) is 2.97. The summed E-state index contributed by atoms with van der Waals surface area (Å²) >= 11 is 8.73. The number of anilines is 1. The molecule has 0 aliphatic carbocycles. The van der Waals surface area contributed by atoms with Crippen LogP contribution in [0.1, 0.15) is 41.8 Å². The Bertz CT molecular complexity index is 837. The third-order valence-corrected chi connectivity index (χ3v) is 4.70. The normalized spacial score (nSPS) is 10.6. The lowest BCUT2D eigenvalue weighted by atomic mass is 10.1. The van der Waals surface area contributed by atoms with Crippen LogP contribution in [-0.4, -0.2) is 17.6 Å². The van der Waals surface area contributed by atoms with Gasteiger partial charge in [0.2, 0.25) is 0 Å². The Balaban J connectivity index is 2.09. The molecule has 0 radical (unpaired) electrons. The van der Waals surface area contributed by atoms with Crippen molar-refractivity contribution in [3.8, 4) is 5.75 Å². The van der Waals surface area contributed by atoms with Crippen LogP contribution in [-0.2, 0) is 0 Å². The highest BCUT2D eigenvalue weighted by Gasteiger charge is 2.15. The standard InChI is InChI=1S/C21H25BrN2O2S/c1-13(2)9-10-26-19-8-7-16(22)12-17(19)20(25)24-21(27)23-18-11-14(3)5-6-15(18)4/h5-8,11-13H,9-10H2,1-4H3,(H2,23,24,25,27). The van der Waals surface area contributed by atoms with Crippen LogP contribution in [0.2, 0.25) is 0 Å². The Hall–Kier alpha value is -1.92. The number of halogens is 1. The Morgan fingerprint density at radius 2 is 1.93 bits per heavy atom. The summed E-state index contributed by atoms with van der Waals surface area (Å²) in [5.41, 5.74) is 3.49. The number of carbonyl (C=O) groups is 1. The number of hydrogen-bond donors (Lipinski definition) is 2. The first kappa shape index (κ1) is 21.4. The number of aryl methyl sites for hydroxylation is 2. The van der Waals surface area contributed by atoms with Crippen molar-refractivity contribution >= 4 is 44.9 Å². The molecule has 2 N–H and O–H groups in total. The topological polar surface area (TPSA) is 50.4 Å². The van der Waals surface area contributed by atoms with E-state index >= 15 is 0 Å². The van der Waals surface area contributed by atoms with Gasteiger partial charge in [-0.05, 0) is 73.8 Å². The number of ether oxygens (including phenoxy) is 1. The molecule has 0 spiro atoms. The zero-order valence-electron chi connectivity index (χ0n) is 16.1. The van der Waals surface area contributed by atoms with Gasteiger partial charge in [0.25, 0.3) is 5.91 Å². The minimum Gasteiger partial charge on any atom is -0.493 e. The average Bonchev–Trinajstić information content (AvgIpc) is 2.59. The summed E-state index contributed by atoms with van der Waals surface area (Å²) in [4.78, 5) is 12.7. The van der Waals surface area contributed by atoms with Gasteiger partial charge in [-0.3, -0.25) is 10.1 Å². The molecule has 0 atom stereocenters. The third-order valence-electron chi connectivity index (χ3n) is 4.01. The molecule has 1 amide bonds. The Kier molecular flexibility index (Phi) is 7.80. The summed E-state index contributed by atoms with van der Waals surface area (Å²) in [5.74, 6) is 0.775. The van der Waals surface area contributed by atoms with Gasteiger partial charge >= 0.3 is 0 Å². The van der Waals surface area contributed by atoms with E-state index in [1.165, 1.54) is 0 Å². The number of thiocarbonyl (C=S) groups is 1. The maximum atomic E-state index is 12.7. The van der Waals surface area contributed by atoms with Crippen LogP contribution in [0.25, 0.3) is 0 Å². The van der Waals surface area contributed by atoms with Crippen molar-refractivity contribution < 1.29 is 9.53 Å². The Labute approximate surface area is 174 Å². The first-order chi connectivity index (χ1) is 12.8. The molecule has 0 aliphatic rings. The molecular formula is C21H25BrN2O2S. The summed E-state index contributed by atoms with van der Waals surface area (Å²) in [6.07, 6.45) is 0.920. The Morgan fingerprint density at radius 1 is 1.19 bits per heavy atom. The molecule has 0 saturated heterocycles. The lowest BCUT2D eigenvalue weighted by Gasteiger charge is -2.15. The molecule has 4 nitrogen and oxygen atoms in total. The van der Waals surface area contributed by atoms with Crippen molar-refractivity contribution in [3.63, 3.8) is 0 Å². The maximum Gasteiger partial charge on any atom is 0.261 e. The minimum atomic E-state index is -0.307. The molecule has 0 fully saturated rings. The zero-order chi connectivity index (χ0) is 20.0. The lowest BCUT2D eigenvalue weighted by Crippen LogP contribution is -2.34. The molecule has 0 heterocycles. The summed E-state index contributed by atoms with van der Waals surface area (Å²) in [6.45, 7) is 8.83. The van der Waals surface area contributed by atoms with Gasteiger partial charge in [-0.25, -0.2) is 0 Å². The van der Waals surface area contributed by atoms with Crippen molar-refractivity contribution in [3.05, 3.63) is 57.6 Å². The Morgan fingerprint density at radius 3 is 2.63 bits per heavy atom. The second-order valence-electron chi connectivity index (χ2n) is 6.90. The summed E-state index contributed by atoms with van der Waals surface area (Å²) in [5, 5.41) is 6.08. The first-order valence-corrected chi connectivity index (χ1v) is 10.1. The fourth-order valence-electron chi connectivity index (χ4n) is 2.40. The van der Waals surface area contributed by atoms with Gasteiger partial charge < -0.3 is 10.1 Å². The molecule has 144 valence electrons. The van der Waals surface area contributed by atoms with E-state index in [0.29, 0.717) is 23.8 Å². The molecule has 6 heteroatoms. The molecule has 27 heavy (non-hydrogen) atoms. The van der Waals surface area contributed by atoms with E-state index < -0.39 is 0 Å².